The Hall–Kier alpha value is -1.59. The third kappa shape index (κ3) is 5.43. The van der Waals surface area contributed by atoms with Gasteiger partial charge in [-0.25, -0.2) is 9.82 Å². The van der Waals surface area contributed by atoms with Crippen molar-refractivity contribution >= 4 is 17.3 Å². The van der Waals surface area contributed by atoms with Crippen molar-refractivity contribution < 1.29 is 22.3 Å². The topological polar surface area (TPSA) is 51.8 Å². The molecule has 3 aliphatic heterocycles. The van der Waals surface area contributed by atoms with Gasteiger partial charge >= 0.3 is 6.18 Å². The minimum absolute atomic E-state index is 0.000420. The van der Waals surface area contributed by atoms with E-state index in [0.717, 1.165) is 12.8 Å². The molecule has 3 heterocycles. The number of halogens is 4. The molecule has 1 saturated carbocycles. The number of hydrazine groups is 1. The van der Waals surface area contributed by atoms with Gasteiger partial charge in [-0.3, -0.25) is 10.3 Å². The fourth-order valence-electron chi connectivity index (χ4n) is 4.91. The molecule has 0 spiro atoms. The van der Waals surface area contributed by atoms with Crippen LogP contribution in [0.3, 0.4) is 0 Å². The molecule has 0 bridgehead atoms. The molecule has 4 atom stereocenters. The number of nitrogens with one attached hydrogen (secondary N) is 3. The average Bonchev–Trinajstić information content (AvgIpc) is 2.77. The van der Waals surface area contributed by atoms with Crippen molar-refractivity contribution in [3.8, 4) is 0 Å². The summed E-state index contributed by atoms with van der Waals surface area (Å²) in [5.74, 6) is -0.978. The van der Waals surface area contributed by atoms with Gasteiger partial charge in [0.15, 0.2) is 5.11 Å². The van der Waals surface area contributed by atoms with Crippen molar-refractivity contribution in [2.24, 2.45) is 5.92 Å². The lowest BCUT2D eigenvalue weighted by atomic mass is 9.84. The second-order valence-electron chi connectivity index (χ2n) is 8.62. The van der Waals surface area contributed by atoms with Gasteiger partial charge in [-0.15, -0.1) is 0 Å². The number of piperazine rings is 1. The summed E-state index contributed by atoms with van der Waals surface area (Å²) in [5, 5.41) is 3.57. The van der Waals surface area contributed by atoms with Gasteiger partial charge in [-0.05, 0) is 31.5 Å². The molecule has 174 valence electrons. The van der Waals surface area contributed by atoms with E-state index in [1.165, 1.54) is 12.3 Å². The molecule has 1 aliphatic carbocycles. The van der Waals surface area contributed by atoms with Gasteiger partial charge in [0.25, 0.3) is 0 Å². The van der Waals surface area contributed by atoms with E-state index in [0.29, 0.717) is 50.1 Å². The number of hydrogen-bond donors (Lipinski definition) is 3. The number of alkyl halides is 3. The van der Waals surface area contributed by atoms with Gasteiger partial charge in [0.1, 0.15) is 17.6 Å². The fourth-order valence-corrected chi connectivity index (χ4v) is 5.15. The Kier molecular flexibility index (Phi) is 6.92. The number of hydrogen-bond acceptors (Lipinski definition) is 5. The Labute approximate surface area is 185 Å². The van der Waals surface area contributed by atoms with Crippen molar-refractivity contribution in [1.82, 2.24) is 26.0 Å². The van der Waals surface area contributed by atoms with Crippen LogP contribution in [0.4, 0.5) is 17.6 Å². The molecule has 0 radical (unpaired) electrons. The van der Waals surface area contributed by atoms with E-state index < -0.39 is 12.1 Å². The summed E-state index contributed by atoms with van der Waals surface area (Å²) in [6, 6.07) is -0.195. The van der Waals surface area contributed by atoms with Crippen LogP contribution in [0.25, 0.3) is 0 Å². The highest BCUT2D eigenvalue weighted by molar-refractivity contribution is 7.80. The lowest BCUT2D eigenvalue weighted by Gasteiger charge is -2.43. The van der Waals surface area contributed by atoms with Crippen LogP contribution in [-0.2, 0) is 4.74 Å². The van der Waals surface area contributed by atoms with Crippen LogP contribution in [0.2, 0.25) is 0 Å². The fraction of sp³-hybridized carbons (Fsp3) is 0.750. The molecule has 4 rings (SSSR count). The average molecular weight is 464 g/mol. The maximum Gasteiger partial charge on any atom is 0.391 e. The molecular formula is C20H29F4N5OS. The first kappa shape index (κ1) is 22.6. The van der Waals surface area contributed by atoms with Crippen molar-refractivity contribution in [2.75, 3.05) is 32.8 Å². The third-order valence-corrected chi connectivity index (χ3v) is 7.04. The van der Waals surface area contributed by atoms with Gasteiger partial charge in [-0.2, -0.15) is 13.2 Å². The van der Waals surface area contributed by atoms with Crippen LogP contribution in [0.1, 0.15) is 32.1 Å². The molecule has 0 aromatic carbocycles. The van der Waals surface area contributed by atoms with Crippen LogP contribution in [0, 0.1) is 5.92 Å². The second-order valence-corrected chi connectivity index (χ2v) is 9.01. The van der Waals surface area contributed by atoms with Gasteiger partial charge in [0.05, 0.1) is 18.6 Å². The zero-order valence-electron chi connectivity index (χ0n) is 17.3. The Morgan fingerprint density at radius 2 is 1.94 bits per heavy atom. The summed E-state index contributed by atoms with van der Waals surface area (Å²) in [6.45, 7) is 3.25. The summed E-state index contributed by atoms with van der Waals surface area (Å²) in [7, 11) is 0. The summed E-state index contributed by atoms with van der Waals surface area (Å²) in [5.41, 5.74) is 6.31. The quantitative estimate of drug-likeness (QED) is 0.338. The zero-order valence-corrected chi connectivity index (χ0v) is 18.1. The molecule has 2 saturated heterocycles. The lowest BCUT2D eigenvalue weighted by molar-refractivity contribution is -0.187. The maximum atomic E-state index is 13.4. The lowest BCUT2D eigenvalue weighted by Crippen LogP contribution is -2.61. The number of fused-ring (bicyclic) bond motifs is 1. The Balaban J connectivity index is 1.22. The summed E-state index contributed by atoms with van der Waals surface area (Å²) in [4.78, 5) is 4.22. The zero-order chi connectivity index (χ0) is 22.0. The smallest absolute Gasteiger partial charge is 0.391 e. The first-order valence-corrected chi connectivity index (χ1v) is 11.3. The molecule has 4 aliphatic rings. The number of nitrogens with zero attached hydrogens (tertiary/aromatic N) is 2. The highest BCUT2D eigenvalue weighted by atomic mass is 32.1. The van der Waals surface area contributed by atoms with Gasteiger partial charge in [0.2, 0.25) is 0 Å². The first-order chi connectivity index (χ1) is 14.8. The molecule has 31 heavy (non-hydrogen) atoms. The van der Waals surface area contributed by atoms with E-state index >= 15 is 0 Å². The van der Waals surface area contributed by atoms with Crippen molar-refractivity contribution in [3.05, 3.63) is 23.9 Å². The van der Waals surface area contributed by atoms with Gasteiger partial charge in [-0.1, -0.05) is 6.42 Å². The van der Waals surface area contributed by atoms with Crippen molar-refractivity contribution in [2.45, 2.75) is 56.4 Å². The van der Waals surface area contributed by atoms with Crippen LogP contribution >= 0.6 is 12.2 Å². The van der Waals surface area contributed by atoms with Crippen LogP contribution in [0.15, 0.2) is 23.9 Å². The van der Waals surface area contributed by atoms with E-state index in [9.17, 15) is 17.6 Å². The number of allylic oxidation sites excluding steroid dienone is 2. The molecule has 0 aromatic heterocycles. The van der Waals surface area contributed by atoms with E-state index in [2.05, 4.69) is 21.1 Å². The minimum atomic E-state index is -4.09. The van der Waals surface area contributed by atoms with Crippen LogP contribution < -0.4 is 16.2 Å². The normalized spacial score (nSPS) is 32.2. The van der Waals surface area contributed by atoms with Gasteiger partial charge < -0.3 is 15.0 Å². The van der Waals surface area contributed by atoms with Crippen LogP contribution in [0.5, 0.6) is 0 Å². The predicted octanol–water partition coefficient (Wildman–Crippen LogP) is 2.56. The van der Waals surface area contributed by atoms with Crippen LogP contribution in [-0.4, -0.2) is 72.0 Å². The number of thiocarbonyl (C=S) groups is 1. The second kappa shape index (κ2) is 9.50. The van der Waals surface area contributed by atoms with E-state index in [1.54, 1.807) is 0 Å². The number of rotatable bonds is 3. The van der Waals surface area contributed by atoms with E-state index in [4.69, 9.17) is 17.0 Å². The van der Waals surface area contributed by atoms with Crippen molar-refractivity contribution in [1.29, 1.82) is 0 Å². The number of dihydropyridines is 1. The molecule has 0 amide bonds. The number of ether oxygens (including phenoxy) is 1. The summed E-state index contributed by atoms with van der Waals surface area (Å²) >= 11 is 5.52. The first-order valence-electron chi connectivity index (χ1n) is 10.9. The van der Waals surface area contributed by atoms with Crippen molar-refractivity contribution in [3.63, 3.8) is 0 Å². The highest BCUT2D eigenvalue weighted by Gasteiger charge is 2.43. The molecule has 3 N–H and O–H groups in total. The Morgan fingerprint density at radius 1 is 1.16 bits per heavy atom. The predicted molar refractivity (Wildman–Crippen MR) is 112 cm³/mol. The monoisotopic (exact) mass is 463 g/mol. The SMILES string of the molecule is FC1=CNC2C(=C1)OCCC2NNC(=S)N1CCN(C2CCCC(C(F)(F)F)C2)CC1. The van der Waals surface area contributed by atoms with Gasteiger partial charge in [0, 0.05) is 50.9 Å². The molecule has 4 unspecified atom stereocenters. The molecule has 6 nitrogen and oxygen atoms in total. The molecular weight excluding hydrogens is 434 g/mol. The Bertz CT molecular complexity index is 723. The molecule has 3 fully saturated rings. The van der Waals surface area contributed by atoms with E-state index in [-0.39, 0.29) is 36.8 Å². The minimum Gasteiger partial charge on any atom is -0.496 e. The highest BCUT2D eigenvalue weighted by Crippen LogP contribution is 2.39. The standard InChI is InChI=1S/C20H29F4N5OS/c21-14-11-17-18(25-12-14)16(4-9-30-17)26-27-19(31)29-7-5-28(6-8-29)15-3-1-2-13(10-15)20(22,23)24/h11-13,15-16,18,25-26H,1-10H2,(H,27,31). The summed E-state index contributed by atoms with van der Waals surface area (Å²) < 4.78 is 58.3. The Morgan fingerprint density at radius 3 is 2.68 bits per heavy atom. The van der Waals surface area contributed by atoms with E-state index in [1.807, 2.05) is 4.90 Å². The summed E-state index contributed by atoms with van der Waals surface area (Å²) in [6.07, 6.45) is 1.28. The third-order valence-electron chi connectivity index (χ3n) is 6.68. The largest absolute Gasteiger partial charge is 0.496 e. The molecule has 11 heteroatoms. The maximum absolute atomic E-state index is 13.4. The molecule has 0 aromatic rings.